The Morgan fingerprint density at radius 1 is 1.39 bits per heavy atom. The van der Waals surface area contributed by atoms with E-state index in [1.165, 1.54) is 12.8 Å². The summed E-state index contributed by atoms with van der Waals surface area (Å²) in [6, 6.07) is 0. The van der Waals surface area contributed by atoms with Crippen molar-refractivity contribution in [2.75, 3.05) is 0 Å². The van der Waals surface area contributed by atoms with Gasteiger partial charge in [-0.2, -0.15) is 0 Å². The van der Waals surface area contributed by atoms with E-state index in [-0.39, 0.29) is 11.9 Å². The molecule has 1 aliphatic carbocycles. The van der Waals surface area contributed by atoms with Gasteiger partial charge in [-0.1, -0.05) is 39.2 Å². The standard InChI is InChI=1S/C16H24O2/c1-6-11-16(13(4)5,14-9-7-8-10-14)18-15(17)12(2)3/h13-14H,2,7-10H2,1,3-5H3. The maximum atomic E-state index is 11.9. The molecule has 18 heavy (non-hydrogen) atoms. The van der Waals surface area contributed by atoms with Gasteiger partial charge in [-0.05, 0) is 26.7 Å². The molecule has 0 aromatic rings. The molecule has 1 fully saturated rings. The van der Waals surface area contributed by atoms with E-state index in [4.69, 9.17) is 4.74 Å². The molecule has 1 unspecified atom stereocenters. The van der Waals surface area contributed by atoms with Crippen LogP contribution in [0, 0.1) is 23.7 Å². The molecule has 1 atom stereocenters. The van der Waals surface area contributed by atoms with Crippen LogP contribution in [0.5, 0.6) is 0 Å². The van der Waals surface area contributed by atoms with Crippen molar-refractivity contribution in [3.05, 3.63) is 12.2 Å². The first-order valence-corrected chi connectivity index (χ1v) is 6.76. The van der Waals surface area contributed by atoms with Crippen LogP contribution >= 0.6 is 0 Å². The fourth-order valence-electron chi connectivity index (χ4n) is 2.74. The second-order valence-corrected chi connectivity index (χ2v) is 5.47. The SMILES string of the molecule is C=C(C)C(=O)OC(C#CC)(C(C)C)C1CCCC1. The third kappa shape index (κ3) is 2.96. The van der Waals surface area contributed by atoms with Gasteiger partial charge < -0.3 is 4.74 Å². The number of hydrogen-bond donors (Lipinski definition) is 0. The highest BCUT2D eigenvalue weighted by atomic mass is 16.6. The van der Waals surface area contributed by atoms with E-state index >= 15 is 0 Å². The lowest BCUT2D eigenvalue weighted by atomic mass is 9.77. The Balaban J connectivity index is 3.07. The molecular weight excluding hydrogens is 224 g/mol. The van der Waals surface area contributed by atoms with E-state index in [0.717, 1.165) is 12.8 Å². The summed E-state index contributed by atoms with van der Waals surface area (Å²) in [6.07, 6.45) is 4.59. The summed E-state index contributed by atoms with van der Waals surface area (Å²) < 4.78 is 5.77. The number of ether oxygens (including phenoxy) is 1. The first-order chi connectivity index (χ1) is 8.44. The molecule has 0 aromatic heterocycles. The van der Waals surface area contributed by atoms with Crippen molar-refractivity contribution in [3.63, 3.8) is 0 Å². The van der Waals surface area contributed by atoms with E-state index in [2.05, 4.69) is 32.3 Å². The van der Waals surface area contributed by atoms with Crippen LogP contribution in [-0.4, -0.2) is 11.6 Å². The van der Waals surface area contributed by atoms with Gasteiger partial charge in [-0.3, -0.25) is 0 Å². The number of rotatable bonds is 4. The van der Waals surface area contributed by atoms with Crippen LogP contribution in [0.1, 0.15) is 53.4 Å². The zero-order chi connectivity index (χ0) is 13.8. The summed E-state index contributed by atoms with van der Waals surface area (Å²) >= 11 is 0. The van der Waals surface area contributed by atoms with Crippen molar-refractivity contribution < 1.29 is 9.53 Å². The van der Waals surface area contributed by atoms with E-state index in [9.17, 15) is 4.79 Å². The van der Waals surface area contributed by atoms with Crippen LogP contribution in [-0.2, 0) is 9.53 Å². The van der Waals surface area contributed by atoms with Gasteiger partial charge in [0.25, 0.3) is 0 Å². The van der Waals surface area contributed by atoms with Gasteiger partial charge in [0.2, 0.25) is 0 Å². The van der Waals surface area contributed by atoms with Crippen molar-refractivity contribution in [1.29, 1.82) is 0 Å². The second-order valence-electron chi connectivity index (χ2n) is 5.47. The molecule has 0 aromatic carbocycles. The number of hydrogen-bond acceptors (Lipinski definition) is 2. The predicted octanol–water partition coefficient (Wildman–Crippen LogP) is 3.71. The molecule has 100 valence electrons. The van der Waals surface area contributed by atoms with Crippen LogP contribution in [0.2, 0.25) is 0 Å². The van der Waals surface area contributed by atoms with Gasteiger partial charge in [-0.25, -0.2) is 4.79 Å². The molecular formula is C16H24O2. The summed E-state index contributed by atoms with van der Waals surface area (Å²) in [7, 11) is 0. The van der Waals surface area contributed by atoms with Crippen LogP contribution in [0.4, 0.5) is 0 Å². The van der Waals surface area contributed by atoms with Crippen molar-refractivity contribution >= 4 is 5.97 Å². The number of carbonyl (C=O) groups is 1. The molecule has 1 saturated carbocycles. The van der Waals surface area contributed by atoms with Gasteiger partial charge in [0, 0.05) is 17.4 Å². The number of carbonyl (C=O) groups excluding carboxylic acids is 1. The van der Waals surface area contributed by atoms with Crippen LogP contribution in [0.15, 0.2) is 12.2 Å². The van der Waals surface area contributed by atoms with Crippen LogP contribution in [0.25, 0.3) is 0 Å². The Kier molecular flexibility index (Phi) is 5.02. The average molecular weight is 248 g/mol. The minimum atomic E-state index is -0.638. The first-order valence-electron chi connectivity index (χ1n) is 6.76. The molecule has 0 N–H and O–H groups in total. The van der Waals surface area contributed by atoms with Crippen molar-refractivity contribution in [2.24, 2.45) is 11.8 Å². The smallest absolute Gasteiger partial charge is 0.334 e. The molecule has 1 aliphatic rings. The largest absolute Gasteiger partial charge is 0.442 e. The zero-order valence-corrected chi connectivity index (χ0v) is 12.0. The van der Waals surface area contributed by atoms with Crippen molar-refractivity contribution in [2.45, 2.75) is 59.0 Å². The Morgan fingerprint density at radius 2 is 1.94 bits per heavy atom. The summed E-state index contributed by atoms with van der Waals surface area (Å²) in [4.78, 5) is 11.9. The molecule has 1 rings (SSSR count). The maximum Gasteiger partial charge on any atom is 0.334 e. The molecule has 0 radical (unpaired) electrons. The lowest BCUT2D eigenvalue weighted by molar-refractivity contribution is -0.158. The zero-order valence-electron chi connectivity index (χ0n) is 12.0. The van der Waals surface area contributed by atoms with Crippen LogP contribution in [0.3, 0.4) is 0 Å². The van der Waals surface area contributed by atoms with Crippen molar-refractivity contribution in [3.8, 4) is 11.8 Å². The molecule has 0 amide bonds. The summed E-state index contributed by atoms with van der Waals surface area (Å²) in [6.45, 7) is 11.3. The summed E-state index contributed by atoms with van der Waals surface area (Å²) in [5.41, 5.74) is -0.197. The molecule has 0 spiro atoms. The lowest BCUT2D eigenvalue weighted by Gasteiger charge is -2.37. The Hall–Kier alpha value is -1.23. The first kappa shape index (κ1) is 14.8. The second kappa shape index (κ2) is 6.09. The minimum absolute atomic E-state index is 0.191. The highest BCUT2D eigenvalue weighted by molar-refractivity contribution is 5.87. The highest BCUT2D eigenvalue weighted by Crippen LogP contribution is 2.41. The highest BCUT2D eigenvalue weighted by Gasteiger charge is 2.45. The lowest BCUT2D eigenvalue weighted by Crippen LogP contribution is -2.45. The van der Waals surface area contributed by atoms with Crippen molar-refractivity contribution in [1.82, 2.24) is 0 Å². The average Bonchev–Trinajstić information content (AvgIpc) is 2.81. The quantitative estimate of drug-likeness (QED) is 0.430. The predicted molar refractivity (Wildman–Crippen MR) is 73.9 cm³/mol. The maximum absolute atomic E-state index is 11.9. The molecule has 0 saturated heterocycles. The molecule has 0 bridgehead atoms. The van der Waals surface area contributed by atoms with Gasteiger partial charge >= 0.3 is 5.97 Å². The third-order valence-corrected chi connectivity index (χ3v) is 3.75. The van der Waals surface area contributed by atoms with Gasteiger partial charge in [0.15, 0.2) is 5.60 Å². The fraction of sp³-hybridized carbons (Fsp3) is 0.688. The molecule has 2 heteroatoms. The fourth-order valence-corrected chi connectivity index (χ4v) is 2.74. The van der Waals surface area contributed by atoms with Gasteiger partial charge in [-0.15, -0.1) is 5.92 Å². The van der Waals surface area contributed by atoms with E-state index in [1.807, 2.05) is 0 Å². The Labute approximate surface area is 111 Å². The van der Waals surface area contributed by atoms with E-state index in [1.54, 1.807) is 13.8 Å². The normalized spacial score (nSPS) is 18.9. The van der Waals surface area contributed by atoms with Gasteiger partial charge in [0.1, 0.15) is 0 Å². The third-order valence-electron chi connectivity index (χ3n) is 3.75. The summed E-state index contributed by atoms with van der Waals surface area (Å²) in [5, 5.41) is 0. The minimum Gasteiger partial charge on any atom is -0.442 e. The van der Waals surface area contributed by atoms with Gasteiger partial charge in [0.05, 0.1) is 0 Å². The monoisotopic (exact) mass is 248 g/mol. The molecule has 0 aliphatic heterocycles. The molecule has 2 nitrogen and oxygen atoms in total. The van der Waals surface area contributed by atoms with E-state index in [0.29, 0.717) is 11.5 Å². The Bertz CT molecular complexity index is 378. The number of esters is 1. The topological polar surface area (TPSA) is 26.3 Å². The Morgan fingerprint density at radius 3 is 2.33 bits per heavy atom. The van der Waals surface area contributed by atoms with Crippen LogP contribution < -0.4 is 0 Å². The van der Waals surface area contributed by atoms with E-state index < -0.39 is 5.60 Å². The summed E-state index contributed by atoms with van der Waals surface area (Å²) in [5.74, 6) is 6.37. The molecule has 0 heterocycles.